The van der Waals surface area contributed by atoms with Gasteiger partial charge >= 0.3 is 0 Å². The van der Waals surface area contributed by atoms with E-state index in [0.29, 0.717) is 13.2 Å². The molecule has 0 amide bonds. The molecule has 1 saturated heterocycles. The number of hydrogen-bond acceptors (Lipinski definition) is 5. The second kappa shape index (κ2) is 5.90. The Bertz CT molecular complexity index is 483. The summed E-state index contributed by atoms with van der Waals surface area (Å²) in [6, 6.07) is 10.4. The minimum atomic E-state index is -0.257. The van der Waals surface area contributed by atoms with E-state index in [1.807, 2.05) is 18.2 Å². The number of benzene rings is 1. The van der Waals surface area contributed by atoms with E-state index in [1.54, 1.807) is 11.0 Å². The van der Waals surface area contributed by atoms with Crippen molar-refractivity contribution < 1.29 is 9.47 Å². The summed E-state index contributed by atoms with van der Waals surface area (Å²) >= 11 is 0. The fourth-order valence-electron chi connectivity index (χ4n) is 2.27. The van der Waals surface area contributed by atoms with Crippen LogP contribution in [0.4, 0.5) is 0 Å². The van der Waals surface area contributed by atoms with E-state index in [4.69, 9.17) is 9.47 Å². The smallest absolute Gasteiger partial charge is 0.180 e. The Balaban J connectivity index is 1.69. The van der Waals surface area contributed by atoms with E-state index in [2.05, 4.69) is 27.7 Å². The molecule has 2 heterocycles. The summed E-state index contributed by atoms with van der Waals surface area (Å²) in [5, 5.41) is 11.4. The van der Waals surface area contributed by atoms with Crippen LogP contribution in [0.15, 0.2) is 36.7 Å². The molecular formula is C13H16N4O2. The second-order valence-electron chi connectivity index (χ2n) is 4.49. The Labute approximate surface area is 111 Å². The maximum atomic E-state index is 5.59. The van der Waals surface area contributed by atoms with Gasteiger partial charge in [0.25, 0.3) is 0 Å². The van der Waals surface area contributed by atoms with Gasteiger partial charge in [0.2, 0.25) is 0 Å². The van der Waals surface area contributed by atoms with Crippen molar-refractivity contribution in [3.8, 4) is 0 Å². The van der Waals surface area contributed by atoms with Crippen molar-refractivity contribution in [3.05, 3.63) is 42.2 Å². The number of tetrazole rings is 1. The first kappa shape index (κ1) is 12.3. The third-order valence-electron chi connectivity index (χ3n) is 3.24. The van der Waals surface area contributed by atoms with E-state index in [-0.39, 0.29) is 12.3 Å². The predicted octanol–water partition coefficient (Wildman–Crippen LogP) is 1.22. The maximum absolute atomic E-state index is 5.59. The first-order chi connectivity index (χ1) is 9.43. The van der Waals surface area contributed by atoms with Gasteiger partial charge in [-0.05, 0) is 28.8 Å². The van der Waals surface area contributed by atoms with E-state index in [0.717, 1.165) is 12.8 Å². The lowest BCUT2D eigenvalue weighted by molar-refractivity contribution is -0.0831. The standard InChI is InChI=1S/C13H16N4O2/c1-2-4-11(5-3-1)6-7-12(13-18-8-9-19-13)17-10-14-15-16-17/h1-5,10,12-13H,6-9H2. The normalized spacial score (nSPS) is 17.7. The van der Waals surface area contributed by atoms with Gasteiger partial charge in [0.15, 0.2) is 6.29 Å². The van der Waals surface area contributed by atoms with Crippen LogP contribution in [0.1, 0.15) is 18.0 Å². The molecule has 6 heteroatoms. The molecular weight excluding hydrogens is 244 g/mol. The maximum Gasteiger partial charge on any atom is 0.180 e. The third-order valence-corrected chi connectivity index (χ3v) is 3.24. The molecule has 0 radical (unpaired) electrons. The largest absolute Gasteiger partial charge is 0.348 e. The lowest BCUT2D eigenvalue weighted by atomic mass is 10.1. The SMILES string of the molecule is c1ccc(CCC(C2OCCO2)n2cnnn2)cc1. The molecule has 1 aliphatic heterocycles. The molecule has 6 nitrogen and oxygen atoms in total. The van der Waals surface area contributed by atoms with Crippen molar-refractivity contribution in [2.75, 3.05) is 13.2 Å². The molecule has 1 atom stereocenters. The Kier molecular flexibility index (Phi) is 3.81. The van der Waals surface area contributed by atoms with Crippen LogP contribution in [0.3, 0.4) is 0 Å². The van der Waals surface area contributed by atoms with E-state index >= 15 is 0 Å². The number of rotatable bonds is 5. The fourth-order valence-corrected chi connectivity index (χ4v) is 2.27. The molecule has 0 spiro atoms. The molecule has 2 aromatic rings. The molecule has 1 unspecified atom stereocenters. The summed E-state index contributed by atoms with van der Waals surface area (Å²) in [6.07, 6.45) is 3.17. The Hall–Kier alpha value is -1.79. The highest BCUT2D eigenvalue weighted by atomic mass is 16.7. The third kappa shape index (κ3) is 2.97. The number of hydrogen-bond donors (Lipinski definition) is 0. The quantitative estimate of drug-likeness (QED) is 0.809. The van der Waals surface area contributed by atoms with Crippen LogP contribution >= 0.6 is 0 Å². The van der Waals surface area contributed by atoms with Crippen LogP contribution < -0.4 is 0 Å². The van der Waals surface area contributed by atoms with Crippen LogP contribution in [0.5, 0.6) is 0 Å². The monoisotopic (exact) mass is 260 g/mol. The van der Waals surface area contributed by atoms with Crippen LogP contribution in [0.2, 0.25) is 0 Å². The van der Waals surface area contributed by atoms with Crippen molar-refractivity contribution in [2.45, 2.75) is 25.2 Å². The van der Waals surface area contributed by atoms with Crippen LogP contribution in [-0.2, 0) is 15.9 Å². The van der Waals surface area contributed by atoms with Crippen LogP contribution in [0.25, 0.3) is 0 Å². The van der Waals surface area contributed by atoms with Crippen molar-refractivity contribution in [1.82, 2.24) is 20.2 Å². The van der Waals surface area contributed by atoms with Crippen LogP contribution in [-0.4, -0.2) is 39.7 Å². The molecule has 1 aromatic heterocycles. The summed E-state index contributed by atoms with van der Waals surface area (Å²) in [5.74, 6) is 0. The van der Waals surface area contributed by atoms with Crippen molar-refractivity contribution in [1.29, 1.82) is 0 Å². The van der Waals surface area contributed by atoms with Crippen molar-refractivity contribution in [3.63, 3.8) is 0 Å². The molecule has 1 aromatic carbocycles. The van der Waals surface area contributed by atoms with Gasteiger partial charge in [0, 0.05) is 0 Å². The number of aryl methyl sites for hydroxylation is 1. The van der Waals surface area contributed by atoms with Gasteiger partial charge in [-0.2, -0.15) is 0 Å². The zero-order chi connectivity index (χ0) is 12.9. The topological polar surface area (TPSA) is 62.1 Å². The number of aromatic nitrogens is 4. The lowest BCUT2D eigenvalue weighted by Crippen LogP contribution is -2.26. The highest BCUT2D eigenvalue weighted by molar-refractivity contribution is 5.14. The molecule has 100 valence electrons. The lowest BCUT2D eigenvalue weighted by Gasteiger charge is -2.21. The molecule has 0 N–H and O–H groups in total. The predicted molar refractivity (Wildman–Crippen MR) is 67.3 cm³/mol. The summed E-state index contributed by atoms with van der Waals surface area (Å²) in [5.41, 5.74) is 1.29. The van der Waals surface area contributed by atoms with E-state index in [9.17, 15) is 0 Å². The Morgan fingerprint density at radius 2 is 2.00 bits per heavy atom. The zero-order valence-corrected chi connectivity index (χ0v) is 10.6. The van der Waals surface area contributed by atoms with Gasteiger partial charge in [0.1, 0.15) is 12.4 Å². The number of ether oxygens (including phenoxy) is 2. The van der Waals surface area contributed by atoms with Gasteiger partial charge in [-0.3, -0.25) is 0 Å². The second-order valence-corrected chi connectivity index (χ2v) is 4.49. The van der Waals surface area contributed by atoms with Crippen molar-refractivity contribution in [2.24, 2.45) is 0 Å². The Morgan fingerprint density at radius 1 is 1.21 bits per heavy atom. The van der Waals surface area contributed by atoms with E-state index in [1.165, 1.54) is 5.56 Å². The molecule has 0 saturated carbocycles. The molecule has 3 rings (SSSR count). The first-order valence-electron chi connectivity index (χ1n) is 6.43. The average Bonchev–Trinajstić information content (AvgIpc) is 3.13. The Morgan fingerprint density at radius 3 is 2.68 bits per heavy atom. The zero-order valence-electron chi connectivity index (χ0n) is 10.6. The minimum Gasteiger partial charge on any atom is -0.348 e. The van der Waals surface area contributed by atoms with E-state index < -0.39 is 0 Å². The average molecular weight is 260 g/mol. The van der Waals surface area contributed by atoms with Gasteiger partial charge in [-0.1, -0.05) is 30.3 Å². The van der Waals surface area contributed by atoms with Gasteiger partial charge < -0.3 is 9.47 Å². The van der Waals surface area contributed by atoms with Gasteiger partial charge in [0.05, 0.1) is 13.2 Å². The number of nitrogens with zero attached hydrogens (tertiary/aromatic N) is 4. The molecule has 0 aliphatic carbocycles. The summed E-state index contributed by atoms with van der Waals surface area (Å²) in [7, 11) is 0. The van der Waals surface area contributed by atoms with Gasteiger partial charge in [-0.15, -0.1) is 5.10 Å². The fraction of sp³-hybridized carbons (Fsp3) is 0.462. The summed E-state index contributed by atoms with van der Waals surface area (Å²) in [6.45, 7) is 1.27. The summed E-state index contributed by atoms with van der Waals surface area (Å²) in [4.78, 5) is 0. The first-order valence-corrected chi connectivity index (χ1v) is 6.43. The van der Waals surface area contributed by atoms with Crippen LogP contribution in [0, 0.1) is 0 Å². The molecule has 19 heavy (non-hydrogen) atoms. The molecule has 0 bridgehead atoms. The minimum absolute atomic E-state index is 0.0118. The highest BCUT2D eigenvalue weighted by Gasteiger charge is 2.29. The molecule has 1 fully saturated rings. The van der Waals surface area contributed by atoms with Crippen molar-refractivity contribution >= 4 is 0 Å². The highest BCUT2D eigenvalue weighted by Crippen LogP contribution is 2.23. The van der Waals surface area contributed by atoms with Gasteiger partial charge in [-0.25, -0.2) is 4.68 Å². The molecule has 1 aliphatic rings. The summed E-state index contributed by atoms with van der Waals surface area (Å²) < 4.78 is 12.9.